The Balaban J connectivity index is 3.08. The molecule has 16 heavy (non-hydrogen) atoms. The summed E-state index contributed by atoms with van der Waals surface area (Å²) in [6, 6.07) is 1.76. The van der Waals surface area contributed by atoms with Gasteiger partial charge >= 0.3 is 0 Å². The number of carbonyl (C=O) groups excluding carboxylic acids is 1. The molecule has 5 N–H and O–H groups in total. The molecule has 0 aliphatic heterocycles. The van der Waals surface area contributed by atoms with E-state index in [1.807, 2.05) is 0 Å². The van der Waals surface area contributed by atoms with Gasteiger partial charge in [0.25, 0.3) is 12.3 Å². The number of thiophene rings is 1. The summed E-state index contributed by atoms with van der Waals surface area (Å²) >= 11 is 0.825. The highest BCUT2D eigenvalue weighted by Gasteiger charge is 2.20. The molecular weight excluding hydrogens is 238 g/mol. The maximum Gasteiger partial charge on any atom is 0.255 e. The Morgan fingerprint density at radius 2 is 2.25 bits per heavy atom. The largest absolute Gasteiger partial charge is 0.396 e. The van der Waals surface area contributed by atoms with Gasteiger partial charge in [-0.3, -0.25) is 4.79 Å². The smallest absolute Gasteiger partial charge is 0.255 e. The molecule has 1 heterocycles. The van der Waals surface area contributed by atoms with Crippen molar-refractivity contribution >= 4 is 27.9 Å². The molecule has 0 bridgehead atoms. The van der Waals surface area contributed by atoms with Crippen molar-refractivity contribution in [3.8, 4) is 6.07 Å². The molecule has 0 atom stereocenters. The number of nitriles is 1. The summed E-state index contributed by atoms with van der Waals surface area (Å²) in [5, 5.41) is 11.1. The lowest BCUT2D eigenvalue weighted by Gasteiger charge is -2.04. The molecule has 0 saturated carbocycles. The second-order valence-corrected chi connectivity index (χ2v) is 3.82. The van der Waals surface area contributed by atoms with Gasteiger partial charge in [0.15, 0.2) is 0 Å². The third kappa shape index (κ3) is 2.38. The van der Waals surface area contributed by atoms with E-state index >= 15 is 0 Å². The molecule has 1 aromatic heterocycles. The molecule has 0 aliphatic carbocycles. The Bertz CT molecular complexity index is 452. The van der Waals surface area contributed by atoms with E-state index in [4.69, 9.17) is 16.7 Å². The Hall–Kier alpha value is -1.88. The summed E-state index contributed by atoms with van der Waals surface area (Å²) in [7, 11) is 0. The van der Waals surface area contributed by atoms with Crippen LogP contribution in [0.2, 0.25) is 0 Å². The van der Waals surface area contributed by atoms with E-state index in [0.717, 1.165) is 11.3 Å². The van der Waals surface area contributed by atoms with Gasteiger partial charge in [0.05, 0.1) is 17.8 Å². The lowest BCUT2D eigenvalue weighted by molar-refractivity contribution is 0.100. The molecule has 0 saturated heterocycles. The first kappa shape index (κ1) is 12.2. The number of hydrogen-bond donors (Lipinski definition) is 3. The van der Waals surface area contributed by atoms with Gasteiger partial charge in [-0.05, 0) is 0 Å². The van der Waals surface area contributed by atoms with E-state index in [1.54, 1.807) is 6.07 Å². The number of carbonyl (C=O) groups is 1. The fourth-order valence-electron chi connectivity index (χ4n) is 1.07. The highest BCUT2D eigenvalue weighted by Crippen LogP contribution is 2.34. The zero-order valence-corrected chi connectivity index (χ0v) is 8.78. The second kappa shape index (κ2) is 4.76. The minimum atomic E-state index is -2.57. The average Bonchev–Trinajstić information content (AvgIpc) is 2.51. The van der Waals surface area contributed by atoms with Gasteiger partial charge in [-0.15, -0.1) is 11.3 Å². The van der Waals surface area contributed by atoms with Crippen molar-refractivity contribution in [1.82, 2.24) is 0 Å². The zero-order valence-electron chi connectivity index (χ0n) is 7.96. The second-order valence-electron chi connectivity index (χ2n) is 2.80. The van der Waals surface area contributed by atoms with Crippen LogP contribution >= 0.6 is 11.3 Å². The number of nitrogens with two attached hydrogens (primary N) is 2. The zero-order chi connectivity index (χ0) is 12.3. The SMILES string of the molecule is N#Cc1sc(NCC(F)F)c(C(N)=O)c1N. The Morgan fingerprint density at radius 1 is 1.62 bits per heavy atom. The van der Waals surface area contributed by atoms with Crippen molar-refractivity contribution in [2.75, 3.05) is 17.6 Å². The highest BCUT2D eigenvalue weighted by atomic mass is 32.1. The number of anilines is 2. The van der Waals surface area contributed by atoms with Crippen LogP contribution in [-0.2, 0) is 0 Å². The topological polar surface area (TPSA) is 105 Å². The molecule has 5 nitrogen and oxygen atoms in total. The summed E-state index contributed by atoms with van der Waals surface area (Å²) in [6.45, 7) is -0.634. The van der Waals surface area contributed by atoms with Gasteiger partial charge in [-0.1, -0.05) is 0 Å². The number of rotatable bonds is 4. The van der Waals surface area contributed by atoms with Gasteiger partial charge in [0.2, 0.25) is 0 Å². The molecule has 0 radical (unpaired) electrons. The fraction of sp³-hybridized carbons (Fsp3) is 0.250. The van der Waals surface area contributed by atoms with Crippen molar-refractivity contribution in [3.63, 3.8) is 0 Å². The van der Waals surface area contributed by atoms with Gasteiger partial charge < -0.3 is 16.8 Å². The lowest BCUT2D eigenvalue weighted by Crippen LogP contribution is -2.16. The van der Waals surface area contributed by atoms with E-state index in [1.165, 1.54) is 0 Å². The molecule has 1 amide bonds. The van der Waals surface area contributed by atoms with E-state index in [2.05, 4.69) is 5.32 Å². The van der Waals surface area contributed by atoms with Crippen molar-refractivity contribution < 1.29 is 13.6 Å². The van der Waals surface area contributed by atoms with Gasteiger partial charge in [-0.25, -0.2) is 8.78 Å². The van der Waals surface area contributed by atoms with Gasteiger partial charge in [0.1, 0.15) is 15.9 Å². The van der Waals surface area contributed by atoms with Crippen LogP contribution in [0.15, 0.2) is 0 Å². The molecule has 0 fully saturated rings. The van der Waals surface area contributed by atoms with Crippen molar-refractivity contribution in [1.29, 1.82) is 5.26 Å². The summed E-state index contributed by atoms with van der Waals surface area (Å²) < 4.78 is 23.9. The molecule has 0 aromatic carbocycles. The maximum atomic E-state index is 12.0. The van der Waals surface area contributed by atoms with E-state index in [-0.39, 0.29) is 21.1 Å². The number of primary amides is 1. The number of hydrogen-bond acceptors (Lipinski definition) is 5. The van der Waals surface area contributed by atoms with Gasteiger partial charge in [-0.2, -0.15) is 5.26 Å². The summed E-state index contributed by atoms with van der Waals surface area (Å²) in [5.41, 5.74) is 10.3. The number of halogens is 2. The predicted molar refractivity (Wildman–Crippen MR) is 56.5 cm³/mol. The van der Waals surface area contributed by atoms with Crippen LogP contribution in [-0.4, -0.2) is 18.9 Å². The summed E-state index contributed by atoms with van der Waals surface area (Å²) in [6.07, 6.45) is -2.57. The standard InChI is InChI=1S/C8H8F2N4OS/c9-4(10)2-14-8-5(7(13)15)6(12)3(1-11)16-8/h4,14H,2,12H2,(H2,13,15). The molecule has 1 aromatic rings. The maximum absolute atomic E-state index is 12.0. The first-order chi connectivity index (χ1) is 7.47. The highest BCUT2D eigenvalue weighted by molar-refractivity contribution is 7.17. The van der Waals surface area contributed by atoms with E-state index < -0.39 is 18.9 Å². The van der Waals surface area contributed by atoms with Crippen LogP contribution in [0.5, 0.6) is 0 Å². The van der Waals surface area contributed by atoms with Crippen molar-refractivity contribution in [2.24, 2.45) is 5.73 Å². The Kier molecular flexibility index (Phi) is 3.63. The number of nitrogens with one attached hydrogen (secondary N) is 1. The lowest BCUT2D eigenvalue weighted by atomic mass is 10.2. The third-order valence-corrected chi connectivity index (χ3v) is 2.78. The van der Waals surface area contributed by atoms with Crippen molar-refractivity contribution in [3.05, 3.63) is 10.4 Å². The molecule has 0 aliphatic rings. The first-order valence-electron chi connectivity index (χ1n) is 4.11. The number of nitrogens with zero attached hydrogens (tertiary/aromatic N) is 1. The first-order valence-corrected chi connectivity index (χ1v) is 4.93. The third-order valence-electron chi connectivity index (χ3n) is 1.71. The van der Waals surface area contributed by atoms with Crippen molar-refractivity contribution in [2.45, 2.75) is 6.43 Å². The normalized spacial score (nSPS) is 10.1. The average molecular weight is 246 g/mol. The van der Waals surface area contributed by atoms with Crippen LogP contribution in [0, 0.1) is 11.3 Å². The van der Waals surface area contributed by atoms with Crippen LogP contribution in [0.25, 0.3) is 0 Å². The van der Waals surface area contributed by atoms with Crippen LogP contribution in [0.4, 0.5) is 19.5 Å². The van der Waals surface area contributed by atoms with Gasteiger partial charge in [0, 0.05) is 0 Å². The van der Waals surface area contributed by atoms with Crippen LogP contribution in [0.3, 0.4) is 0 Å². The minimum Gasteiger partial charge on any atom is -0.396 e. The summed E-state index contributed by atoms with van der Waals surface area (Å²) in [4.78, 5) is 11.1. The fourth-order valence-corrected chi connectivity index (χ4v) is 2.00. The van der Waals surface area contributed by atoms with E-state index in [9.17, 15) is 13.6 Å². The molecular formula is C8H8F2N4OS. The predicted octanol–water partition coefficient (Wildman–Crippen LogP) is 0.978. The van der Waals surface area contributed by atoms with E-state index in [0.29, 0.717) is 0 Å². The Morgan fingerprint density at radius 3 is 2.69 bits per heavy atom. The minimum absolute atomic E-state index is 0.0724. The van der Waals surface area contributed by atoms with Crippen LogP contribution in [0.1, 0.15) is 15.2 Å². The number of nitrogen functional groups attached to an aromatic ring is 1. The molecule has 0 unspecified atom stereocenters. The van der Waals surface area contributed by atoms with Crippen LogP contribution < -0.4 is 16.8 Å². The Labute approximate surface area is 93.6 Å². The monoisotopic (exact) mass is 246 g/mol. The summed E-state index contributed by atoms with van der Waals surface area (Å²) in [5.74, 6) is -0.855. The molecule has 86 valence electrons. The molecule has 0 spiro atoms. The number of amides is 1. The molecule has 8 heteroatoms. The molecule has 1 rings (SSSR count). The quantitative estimate of drug-likeness (QED) is 0.736. The number of alkyl halides is 2.